The van der Waals surface area contributed by atoms with Crippen molar-refractivity contribution in [2.75, 3.05) is 5.75 Å². The van der Waals surface area contributed by atoms with Crippen LogP contribution in [0.4, 0.5) is 0 Å². The molecule has 1 fully saturated rings. The van der Waals surface area contributed by atoms with Crippen molar-refractivity contribution >= 4 is 35.6 Å². The maximum Gasteiger partial charge on any atom is 0.305 e. The highest BCUT2D eigenvalue weighted by Gasteiger charge is 2.53. The predicted octanol–water partition coefficient (Wildman–Crippen LogP) is 4.85. The molecule has 0 aromatic heterocycles. The van der Waals surface area contributed by atoms with Crippen LogP contribution in [0.3, 0.4) is 0 Å². The second kappa shape index (κ2) is 18.2. The van der Waals surface area contributed by atoms with Crippen molar-refractivity contribution < 1.29 is 42.9 Å². The molecule has 0 saturated carbocycles. The minimum absolute atomic E-state index is 0.525. The van der Waals surface area contributed by atoms with Gasteiger partial charge < -0.3 is 23.7 Å². The van der Waals surface area contributed by atoms with Crippen molar-refractivity contribution in [1.82, 2.24) is 0 Å². The summed E-state index contributed by atoms with van der Waals surface area (Å²) < 4.78 is 27.2. The fourth-order valence-corrected chi connectivity index (χ4v) is 4.89. The highest BCUT2D eigenvalue weighted by atomic mass is 32.2. The summed E-state index contributed by atoms with van der Waals surface area (Å²) in [6.45, 7) is 6.97. The molecular weight excluding hydrogens is 488 g/mol. The molecule has 1 aliphatic rings. The first-order chi connectivity index (χ1) is 17.1. The fraction of sp³-hybridized carbons (Fsp3) is 0.769. The van der Waals surface area contributed by atoms with Gasteiger partial charge in [0.05, 0.1) is 0 Å². The number of esters is 4. The maximum atomic E-state index is 11.8. The Labute approximate surface area is 219 Å². The van der Waals surface area contributed by atoms with Crippen LogP contribution in [0.15, 0.2) is 12.2 Å². The number of unbranched alkanes of at least 4 members (excludes halogenated alkanes) is 8. The van der Waals surface area contributed by atoms with Gasteiger partial charge in [-0.1, -0.05) is 64.0 Å². The Kier molecular flexibility index (Phi) is 16.2. The van der Waals surface area contributed by atoms with Crippen LogP contribution < -0.4 is 0 Å². The quantitative estimate of drug-likeness (QED) is 0.119. The summed E-state index contributed by atoms with van der Waals surface area (Å²) >= 11 is 1.30. The number of carbonyl (C=O) groups is 4. The summed E-state index contributed by atoms with van der Waals surface area (Å²) in [7, 11) is 0. The number of rotatable bonds is 16. The van der Waals surface area contributed by atoms with Crippen molar-refractivity contribution in [3.05, 3.63) is 12.2 Å². The van der Waals surface area contributed by atoms with E-state index in [1.54, 1.807) is 0 Å². The third kappa shape index (κ3) is 13.3. The molecule has 1 heterocycles. The lowest BCUT2D eigenvalue weighted by Gasteiger charge is -2.43. The molecule has 5 atom stereocenters. The molecular formula is C26H42O9S. The van der Waals surface area contributed by atoms with Gasteiger partial charge in [-0.3, -0.25) is 19.2 Å². The summed E-state index contributed by atoms with van der Waals surface area (Å²) in [6, 6.07) is 0. The second-order valence-electron chi connectivity index (χ2n) is 8.77. The van der Waals surface area contributed by atoms with Gasteiger partial charge in [0.2, 0.25) is 12.4 Å². The Morgan fingerprint density at radius 1 is 0.667 bits per heavy atom. The maximum absolute atomic E-state index is 11.8. The molecule has 0 aliphatic carbocycles. The zero-order valence-corrected chi connectivity index (χ0v) is 23.0. The van der Waals surface area contributed by atoms with Gasteiger partial charge in [0.15, 0.2) is 12.2 Å². The number of hydrogen-bond acceptors (Lipinski definition) is 10. The van der Waals surface area contributed by atoms with E-state index in [-0.39, 0.29) is 0 Å². The van der Waals surface area contributed by atoms with Crippen molar-refractivity contribution in [3.63, 3.8) is 0 Å². The highest BCUT2D eigenvalue weighted by Crippen LogP contribution is 2.34. The lowest BCUT2D eigenvalue weighted by molar-refractivity contribution is -0.280. The van der Waals surface area contributed by atoms with Crippen LogP contribution in [0.2, 0.25) is 0 Å². The molecule has 0 N–H and O–H groups in total. The Morgan fingerprint density at radius 2 is 1.17 bits per heavy atom. The lowest BCUT2D eigenvalue weighted by Crippen LogP contribution is -2.61. The Bertz CT molecular complexity index is 724. The molecule has 0 aromatic rings. The molecule has 5 unspecified atom stereocenters. The Balaban J connectivity index is 2.76. The van der Waals surface area contributed by atoms with E-state index in [1.165, 1.54) is 77.5 Å². The monoisotopic (exact) mass is 530 g/mol. The molecule has 0 bridgehead atoms. The van der Waals surface area contributed by atoms with Crippen LogP contribution in [0.25, 0.3) is 0 Å². The number of hydrogen-bond donors (Lipinski definition) is 0. The van der Waals surface area contributed by atoms with E-state index < -0.39 is 53.9 Å². The average molecular weight is 531 g/mol. The Hall–Kier alpha value is -2.07. The van der Waals surface area contributed by atoms with Crippen molar-refractivity contribution in [2.45, 2.75) is 122 Å². The van der Waals surface area contributed by atoms with E-state index in [2.05, 4.69) is 13.0 Å². The second-order valence-corrected chi connectivity index (χ2v) is 9.90. The largest absolute Gasteiger partial charge is 0.455 e. The fourth-order valence-electron chi connectivity index (χ4n) is 3.86. The van der Waals surface area contributed by atoms with Crippen molar-refractivity contribution in [1.29, 1.82) is 0 Å². The van der Waals surface area contributed by atoms with Crippen LogP contribution in [0, 0.1) is 0 Å². The molecule has 9 nitrogen and oxygen atoms in total. The first-order valence-electron chi connectivity index (χ1n) is 12.8. The van der Waals surface area contributed by atoms with Crippen molar-refractivity contribution in [3.8, 4) is 0 Å². The summed E-state index contributed by atoms with van der Waals surface area (Å²) in [5.74, 6) is -2.14. The van der Waals surface area contributed by atoms with E-state index in [4.69, 9.17) is 23.7 Å². The van der Waals surface area contributed by atoms with E-state index >= 15 is 0 Å². The van der Waals surface area contributed by atoms with Gasteiger partial charge >= 0.3 is 23.9 Å². The van der Waals surface area contributed by atoms with Crippen LogP contribution in [0.1, 0.15) is 92.4 Å². The molecule has 0 aromatic carbocycles. The molecule has 0 amide bonds. The van der Waals surface area contributed by atoms with E-state index in [0.717, 1.165) is 19.8 Å². The molecule has 1 saturated heterocycles. The Morgan fingerprint density at radius 3 is 1.72 bits per heavy atom. The van der Waals surface area contributed by atoms with Gasteiger partial charge in [-0.25, -0.2) is 0 Å². The lowest BCUT2D eigenvalue weighted by atomic mass is 10.0. The topological polar surface area (TPSA) is 114 Å². The molecule has 36 heavy (non-hydrogen) atoms. The third-order valence-corrected chi connectivity index (χ3v) is 6.48. The summed E-state index contributed by atoms with van der Waals surface area (Å²) in [4.78, 5) is 47.0. The standard InChI is InChI=1S/C26H42O9S/c1-6-7-8-9-10-11-12-13-14-15-16-17-36-26-24(33-20(4)29)22(31-18(2)27)23(32-19(3)28)25(35-26)34-21(5)30/h15-16,22-26H,6-14,17H2,1-5H3/b16-15-. The van der Waals surface area contributed by atoms with Gasteiger partial charge in [-0.2, -0.15) is 0 Å². The zero-order chi connectivity index (χ0) is 26.9. The predicted molar refractivity (Wildman–Crippen MR) is 136 cm³/mol. The minimum Gasteiger partial charge on any atom is -0.455 e. The molecule has 0 spiro atoms. The van der Waals surface area contributed by atoms with Gasteiger partial charge in [-0.05, 0) is 12.8 Å². The van der Waals surface area contributed by atoms with Crippen LogP contribution >= 0.6 is 11.8 Å². The number of thioether (sulfide) groups is 1. The zero-order valence-electron chi connectivity index (χ0n) is 22.2. The number of carbonyl (C=O) groups excluding carboxylic acids is 4. The first kappa shape index (κ1) is 32.0. The molecule has 206 valence electrons. The third-order valence-electron chi connectivity index (χ3n) is 5.39. The summed E-state index contributed by atoms with van der Waals surface area (Å²) in [6.07, 6.45) is 10.2. The van der Waals surface area contributed by atoms with Crippen molar-refractivity contribution in [2.24, 2.45) is 0 Å². The van der Waals surface area contributed by atoms with E-state index in [9.17, 15) is 19.2 Å². The summed E-state index contributed by atoms with van der Waals surface area (Å²) in [5.41, 5.74) is -0.831. The SMILES string of the molecule is CCCCCCCCCC/C=C\CSC1OC(OC(C)=O)C(OC(C)=O)C(OC(C)=O)C1OC(C)=O. The number of ether oxygens (including phenoxy) is 5. The normalized spacial score (nSPS) is 23.8. The highest BCUT2D eigenvalue weighted by molar-refractivity contribution is 7.99. The van der Waals surface area contributed by atoms with Gasteiger partial charge in [0.1, 0.15) is 5.44 Å². The summed E-state index contributed by atoms with van der Waals surface area (Å²) in [5, 5.41) is 0. The first-order valence-corrected chi connectivity index (χ1v) is 13.8. The van der Waals surface area contributed by atoms with Gasteiger partial charge in [0.25, 0.3) is 0 Å². The van der Waals surface area contributed by atoms with Gasteiger partial charge in [-0.15, -0.1) is 11.8 Å². The minimum atomic E-state index is -1.33. The van der Waals surface area contributed by atoms with E-state index in [0.29, 0.717) is 5.75 Å². The van der Waals surface area contributed by atoms with Crippen LogP contribution in [-0.2, 0) is 42.9 Å². The molecule has 1 rings (SSSR count). The smallest absolute Gasteiger partial charge is 0.305 e. The molecule has 10 heteroatoms. The van der Waals surface area contributed by atoms with E-state index in [1.807, 2.05) is 6.08 Å². The van der Waals surface area contributed by atoms with Crippen LogP contribution in [0.5, 0.6) is 0 Å². The molecule has 1 aliphatic heterocycles. The average Bonchev–Trinajstić information content (AvgIpc) is 2.77. The van der Waals surface area contributed by atoms with Crippen LogP contribution in [-0.4, -0.2) is 59.7 Å². The van der Waals surface area contributed by atoms with Gasteiger partial charge in [0, 0.05) is 33.4 Å². The number of allylic oxidation sites excluding steroid dienone is 1. The molecule has 0 radical (unpaired) electrons.